The number of ether oxygens (including phenoxy) is 1. The molecule has 4 nitrogen and oxygen atoms in total. The second kappa shape index (κ2) is 10.6. The number of carbonyl (C=O) groups is 1. The van der Waals surface area contributed by atoms with Crippen LogP contribution in [-0.2, 0) is 6.42 Å². The molecular formula is C27H33NO3. The van der Waals surface area contributed by atoms with Crippen molar-refractivity contribution in [3.63, 3.8) is 0 Å². The Morgan fingerprint density at radius 2 is 1.77 bits per heavy atom. The van der Waals surface area contributed by atoms with Crippen molar-refractivity contribution in [2.75, 3.05) is 26.2 Å². The van der Waals surface area contributed by atoms with Crippen LogP contribution in [0.25, 0.3) is 11.0 Å². The van der Waals surface area contributed by atoms with E-state index in [2.05, 4.69) is 11.8 Å². The highest BCUT2D eigenvalue weighted by molar-refractivity contribution is 6.16. The number of furan rings is 1. The van der Waals surface area contributed by atoms with Crippen molar-refractivity contribution in [3.05, 3.63) is 65.4 Å². The van der Waals surface area contributed by atoms with Gasteiger partial charge < -0.3 is 14.1 Å². The first kappa shape index (κ1) is 21.6. The molecule has 31 heavy (non-hydrogen) atoms. The number of ketones is 1. The van der Waals surface area contributed by atoms with E-state index in [0.29, 0.717) is 17.7 Å². The maximum atomic E-state index is 13.3. The molecule has 0 unspecified atom stereocenters. The smallest absolute Gasteiger partial charge is 0.197 e. The summed E-state index contributed by atoms with van der Waals surface area (Å²) in [5.41, 5.74) is 2.16. The van der Waals surface area contributed by atoms with E-state index < -0.39 is 0 Å². The molecule has 1 aromatic heterocycles. The molecule has 0 amide bonds. The van der Waals surface area contributed by atoms with Gasteiger partial charge in [0.05, 0.1) is 12.2 Å². The summed E-state index contributed by atoms with van der Waals surface area (Å²) in [5, 5.41) is 0.900. The highest BCUT2D eigenvalue weighted by Gasteiger charge is 2.21. The van der Waals surface area contributed by atoms with Gasteiger partial charge in [-0.1, -0.05) is 38.0 Å². The second-order valence-electron chi connectivity index (χ2n) is 8.46. The van der Waals surface area contributed by atoms with Gasteiger partial charge in [-0.05, 0) is 69.1 Å². The summed E-state index contributed by atoms with van der Waals surface area (Å²) in [6.45, 7) is 6.40. The van der Waals surface area contributed by atoms with Gasteiger partial charge in [-0.15, -0.1) is 0 Å². The predicted molar refractivity (Wildman–Crippen MR) is 125 cm³/mol. The molecule has 0 spiro atoms. The van der Waals surface area contributed by atoms with Gasteiger partial charge in [0.15, 0.2) is 5.78 Å². The van der Waals surface area contributed by atoms with Gasteiger partial charge in [-0.2, -0.15) is 0 Å². The number of rotatable bonds is 10. The number of aryl methyl sites for hydroxylation is 1. The monoisotopic (exact) mass is 419 g/mol. The summed E-state index contributed by atoms with van der Waals surface area (Å²) < 4.78 is 11.9. The Kier molecular flexibility index (Phi) is 7.42. The standard InChI is InChI=1S/C27H33NO3/c1-2-3-11-25-26(23-10-5-6-12-24(23)31-25)27(29)21-13-15-22(16-14-21)30-20-9-19-28-17-7-4-8-18-28/h5-6,10,12-16H,2-4,7-9,11,17-20H2,1H3. The average molecular weight is 420 g/mol. The zero-order valence-electron chi connectivity index (χ0n) is 18.6. The van der Waals surface area contributed by atoms with Gasteiger partial charge in [0.2, 0.25) is 0 Å². The number of fused-ring (bicyclic) bond motifs is 1. The number of hydrogen-bond acceptors (Lipinski definition) is 4. The van der Waals surface area contributed by atoms with Crippen molar-refractivity contribution in [2.24, 2.45) is 0 Å². The van der Waals surface area contributed by atoms with Crippen LogP contribution < -0.4 is 4.74 Å². The van der Waals surface area contributed by atoms with Crippen molar-refractivity contribution in [2.45, 2.75) is 51.9 Å². The molecule has 2 aromatic carbocycles. The van der Waals surface area contributed by atoms with Crippen molar-refractivity contribution < 1.29 is 13.9 Å². The fourth-order valence-electron chi connectivity index (χ4n) is 4.37. The van der Waals surface area contributed by atoms with Crippen LogP contribution in [0.15, 0.2) is 52.9 Å². The average Bonchev–Trinajstić information content (AvgIpc) is 3.19. The maximum Gasteiger partial charge on any atom is 0.197 e. The minimum atomic E-state index is 0.0210. The van der Waals surface area contributed by atoms with Gasteiger partial charge in [-0.3, -0.25) is 4.79 Å². The number of piperidine rings is 1. The first-order chi connectivity index (χ1) is 15.3. The molecule has 4 rings (SSSR count). The highest BCUT2D eigenvalue weighted by Crippen LogP contribution is 2.29. The van der Waals surface area contributed by atoms with Crippen LogP contribution in [-0.4, -0.2) is 36.9 Å². The molecule has 0 atom stereocenters. The Labute approximate surface area is 185 Å². The zero-order valence-corrected chi connectivity index (χ0v) is 18.6. The SMILES string of the molecule is CCCCc1oc2ccccc2c1C(=O)c1ccc(OCCCN2CCCCC2)cc1. The number of unbranched alkanes of at least 4 members (excludes halogenated alkanes) is 1. The van der Waals surface area contributed by atoms with E-state index in [1.54, 1.807) is 0 Å². The predicted octanol–water partition coefficient (Wildman–Crippen LogP) is 6.26. The molecule has 0 saturated carbocycles. The highest BCUT2D eigenvalue weighted by atomic mass is 16.5. The summed E-state index contributed by atoms with van der Waals surface area (Å²) in [5.74, 6) is 1.64. The van der Waals surface area contributed by atoms with Crippen LogP contribution in [0.5, 0.6) is 5.75 Å². The van der Waals surface area contributed by atoms with Crippen LogP contribution in [0.1, 0.15) is 67.1 Å². The van der Waals surface area contributed by atoms with Crippen molar-refractivity contribution in [1.29, 1.82) is 0 Å². The summed E-state index contributed by atoms with van der Waals surface area (Å²) in [6, 6.07) is 15.4. The van der Waals surface area contributed by atoms with Crippen LogP contribution >= 0.6 is 0 Å². The van der Waals surface area contributed by atoms with E-state index in [9.17, 15) is 4.79 Å². The minimum absolute atomic E-state index is 0.0210. The van der Waals surface area contributed by atoms with Crippen molar-refractivity contribution in [3.8, 4) is 5.75 Å². The van der Waals surface area contributed by atoms with Crippen molar-refractivity contribution >= 4 is 16.8 Å². The Morgan fingerprint density at radius 1 is 1.00 bits per heavy atom. The summed E-state index contributed by atoms with van der Waals surface area (Å²) in [7, 11) is 0. The molecule has 1 saturated heterocycles. The molecule has 3 aromatic rings. The number of benzene rings is 2. The normalized spacial score (nSPS) is 14.7. The lowest BCUT2D eigenvalue weighted by atomic mass is 9.98. The first-order valence-corrected chi connectivity index (χ1v) is 11.8. The van der Waals surface area contributed by atoms with Crippen LogP contribution in [0.4, 0.5) is 0 Å². The van der Waals surface area contributed by atoms with Gasteiger partial charge in [0, 0.05) is 23.9 Å². The molecule has 0 N–H and O–H groups in total. The number of hydrogen-bond donors (Lipinski definition) is 0. The molecule has 1 aliphatic heterocycles. The van der Waals surface area contributed by atoms with E-state index in [1.807, 2.05) is 48.5 Å². The van der Waals surface area contributed by atoms with E-state index in [0.717, 1.165) is 54.7 Å². The van der Waals surface area contributed by atoms with Gasteiger partial charge in [-0.25, -0.2) is 0 Å². The number of carbonyl (C=O) groups excluding carboxylic acids is 1. The van der Waals surface area contributed by atoms with Gasteiger partial charge in [0.1, 0.15) is 17.1 Å². The molecular weight excluding hydrogens is 386 g/mol. The Balaban J connectivity index is 1.40. The van der Waals surface area contributed by atoms with Crippen LogP contribution in [0.2, 0.25) is 0 Å². The van der Waals surface area contributed by atoms with Gasteiger partial charge >= 0.3 is 0 Å². The van der Waals surface area contributed by atoms with E-state index in [-0.39, 0.29) is 5.78 Å². The minimum Gasteiger partial charge on any atom is -0.494 e. The Bertz CT molecular complexity index is 983. The lowest BCUT2D eigenvalue weighted by Crippen LogP contribution is -2.31. The molecule has 0 radical (unpaired) electrons. The maximum absolute atomic E-state index is 13.3. The molecule has 1 fully saturated rings. The fourth-order valence-corrected chi connectivity index (χ4v) is 4.37. The number of para-hydroxylation sites is 1. The van der Waals surface area contributed by atoms with E-state index >= 15 is 0 Å². The third kappa shape index (κ3) is 5.37. The number of nitrogens with zero attached hydrogens (tertiary/aromatic N) is 1. The zero-order chi connectivity index (χ0) is 21.5. The topological polar surface area (TPSA) is 42.7 Å². The van der Waals surface area contributed by atoms with Crippen LogP contribution in [0.3, 0.4) is 0 Å². The molecule has 2 heterocycles. The summed E-state index contributed by atoms with van der Waals surface area (Å²) in [6.07, 6.45) is 7.89. The lowest BCUT2D eigenvalue weighted by molar-refractivity contribution is 0.103. The van der Waals surface area contributed by atoms with Crippen molar-refractivity contribution in [1.82, 2.24) is 4.90 Å². The molecule has 164 valence electrons. The van der Waals surface area contributed by atoms with E-state index in [1.165, 1.54) is 32.4 Å². The largest absolute Gasteiger partial charge is 0.494 e. The number of likely N-dealkylation sites (tertiary alicyclic amines) is 1. The van der Waals surface area contributed by atoms with E-state index in [4.69, 9.17) is 9.15 Å². The molecule has 4 heteroatoms. The Hall–Kier alpha value is -2.59. The third-order valence-electron chi connectivity index (χ3n) is 6.11. The first-order valence-electron chi connectivity index (χ1n) is 11.8. The fraction of sp³-hybridized carbons (Fsp3) is 0.444. The molecule has 0 bridgehead atoms. The third-order valence-corrected chi connectivity index (χ3v) is 6.11. The summed E-state index contributed by atoms with van der Waals surface area (Å²) in [4.78, 5) is 15.9. The van der Waals surface area contributed by atoms with Gasteiger partial charge in [0.25, 0.3) is 0 Å². The second-order valence-corrected chi connectivity index (χ2v) is 8.46. The van der Waals surface area contributed by atoms with Crippen LogP contribution in [0, 0.1) is 0 Å². The quantitative estimate of drug-likeness (QED) is 0.287. The lowest BCUT2D eigenvalue weighted by Gasteiger charge is -2.26. The Morgan fingerprint density at radius 3 is 2.55 bits per heavy atom. The summed E-state index contributed by atoms with van der Waals surface area (Å²) >= 11 is 0. The molecule has 1 aliphatic rings. The molecule has 0 aliphatic carbocycles.